The van der Waals surface area contributed by atoms with E-state index in [1.165, 1.54) is 0 Å². The molecule has 0 spiro atoms. The minimum Gasteiger partial charge on any atom is -0.463 e. The van der Waals surface area contributed by atoms with Gasteiger partial charge in [0, 0.05) is 36.8 Å². The summed E-state index contributed by atoms with van der Waals surface area (Å²) in [5.74, 6) is 0.0127. The second-order valence-electron chi connectivity index (χ2n) is 5.82. The van der Waals surface area contributed by atoms with E-state index in [9.17, 15) is 4.79 Å². The van der Waals surface area contributed by atoms with Gasteiger partial charge in [0.2, 0.25) is 0 Å². The van der Waals surface area contributed by atoms with Crippen molar-refractivity contribution in [3.8, 4) is 0 Å². The fourth-order valence-electron chi connectivity index (χ4n) is 3.03. The highest BCUT2D eigenvalue weighted by molar-refractivity contribution is 6.30. The summed E-state index contributed by atoms with van der Waals surface area (Å²) in [4.78, 5) is 14.7. The topological polar surface area (TPSA) is 47.6 Å². The third kappa shape index (κ3) is 2.81. The van der Waals surface area contributed by atoms with Crippen LogP contribution >= 0.6 is 11.6 Å². The molecular weight excluding hydrogens is 328 g/mol. The van der Waals surface area contributed by atoms with Gasteiger partial charge >= 0.3 is 0 Å². The molecule has 3 aromatic rings. The number of nitrogens with zero attached hydrogens (tertiary/aromatic N) is 2. The number of aromatic nitrogens is 1. The van der Waals surface area contributed by atoms with Crippen LogP contribution in [-0.2, 0) is 11.3 Å². The third-order valence-corrected chi connectivity index (χ3v) is 4.55. The third-order valence-electron chi connectivity index (χ3n) is 4.29. The van der Waals surface area contributed by atoms with Gasteiger partial charge in [-0.2, -0.15) is 0 Å². The second kappa shape index (κ2) is 6.34. The molecule has 3 heterocycles. The van der Waals surface area contributed by atoms with Crippen LogP contribution in [0.5, 0.6) is 0 Å². The van der Waals surface area contributed by atoms with Crippen molar-refractivity contribution in [3.05, 3.63) is 58.9 Å². The number of morpholine rings is 1. The molecule has 0 aliphatic carbocycles. The van der Waals surface area contributed by atoms with Crippen LogP contribution in [0.3, 0.4) is 0 Å². The lowest BCUT2D eigenvalue weighted by Gasteiger charge is -2.27. The van der Waals surface area contributed by atoms with Gasteiger partial charge in [-0.3, -0.25) is 4.79 Å². The Morgan fingerprint density at radius 1 is 1.12 bits per heavy atom. The molecular formula is C18H17ClN2O3. The monoisotopic (exact) mass is 344 g/mol. The Kier molecular flexibility index (Phi) is 4.04. The molecule has 5 nitrogen and oxygen atoms in total. The number of halogens is 1. The van der Waals surface area contributed by atoms with E-state index in [2.05, 4.69) is 0 Å². The van der Waals surface area contributed by atoms with Crippen molar-refractivity contribution in [2.24, 2.45) is 0 Å². The lowest BCUT2D eigenvalue weighted by atomic mass is 10.2. The first-order chi connectivity index (χ1) is 11.7. The smallest absolute Gasteiger partial charge is 0.270 e. The van der Waals surface area contributed by atoms with Crippen molar-refractivity contribution >= 4 is 28.6 Å². The zero-order valence-electron chi connectivity index (χ0n) is 13.1. The van der Waals surface area contributed by atoms with Crippen LogP contribution in [0.2, 0.25) is 5.02 Å². The zero-order valence-corrected chi connectivity index (χ0v) is 13.8. The summed E-state index contributed by atoms with van der Waals surface area (Å²) in [5.41, 5.74) is 3.36. The largest absolute Gasteiger partial charge is 0.463 e. The fourth-order valence-corrected chi connectivity index (χ4v) is 3.15. The van der Waals surface area contributed by atoms with Crippen molar-refractivity contribution in [2.75, 3.05) is 26.3 Å². The first-order valence-corrected chi connectivity index (χ1v) is 8.28. The summed E-state index contributed by atoms with van der Waals surface area (Å²) in [6.45, 7) is 2.99. The van der Waals surface area contributed by atoms with Crippen LogP contribution in [0.1, 0.15) is 16.1 Å². The zero-order chi connectivity index (χ0) is 16.5. The highest BCUT2D eigenvalue weighted by Crippen LogP contribution is 2.24. The molecule has 0 unspecified atom stereocenters. The molecule has 4 rings (SSSR count). The number of hydrogen-bond donors (Lipinski definition) is 0. The summed E-state index contributed by atoms with van der Waals surface area (Å²) < 4.78 is 12.8. The molecule has 24 heavy (non-hydrogen) atoms. The Bertz CT molecular complexity index is 860. The molecule has 1 aliphatic heterocycles. The molecule has 1 fully saturated rings. The minimum atomic E-state index is 0.0127. The van der Waals surface area contributed by atoms with Gasteiger partial charge in [-0.05, 0) is 17.7 Å². The van der Waals surface area contributed by atoms with E-state index >= 15 is 0 Å². The number of ether oxygens (including phenoxy) is 1. The second-order valence-corrected chi connectivity index (χ2v) is 6.25. The standard InChI is InChI=1S/C18H17ClN2O3/c19-14-3-1-13(2-4-14)12-21-15-5-8-24-17(15)11-16(21)18(22)20-6-9-23-10-7-20/h1-5,8,11H,6-7,9-10,12H2. The maximum Gasteiger partial charge on any atom is 0.270 e. The number of rotatable bonds is 3. The summed E-state index contributed by atoms with van der Waals surface area (Å²) in [7, 11) is 0. The van der Waals surface area contributed by atoms with Gasteiger partial charge in [0.25, 0.3) is 5.91 Å². The molecule has 6 heteroatoms. The van der Waals surface area contributed by atoms with Gasteiger partial charge in [-0.1, -0.05) is 23.7 Å². The molecule has 2 aromatic heterocycles. The van der Waals surface area contributed by atoms with Gasteiger partial charge in [0.15, 0.2) is 5.58 Å². The molecule has 0 saturated carbocycles. The van der Waals surface area contributed by atoms with E-state index in [0.717, 1.165) is 16.7 Å². The maximum absolute atomic E-state index is 12.9. The lowest BCUT2D eigenvalue weighted by Crippen LogP contribution is -2.41. The van der Waals surface area contributed by atoms with Gasteiger partial charge in [0.1, 0.15) is 5.69 Å². The Labute approximate surface area is 144 Å². The van der Waals surface area contributed by atoms with Crippen molar-refractivity contribution < 1.29 is 13.9 Å². The average molecular weight is 345 g/mol. The quantitative estimate of drug-likeness (QED) is 0.731. The highest BCUT2D eigenvalue weighted by atomic mass is 35.5. The van der Waals surface area contributed by atoms with Gasteiger partial charge < -0.3 is 18.6 Å². The first-order valence-electron chi connectivity index (χ1n) is 7.90. The summed E-state index contributed by atoms with van der Waals surface area (Å²) in [6.07, 6.45) is 1.64. The molecule has 1 aromatic carbocycles. The fraction of sp³-hybridized carbons (Fsp3) is 0.278. The first kappa shape index (κ1) is 15.3. The van der Waals surface area contributed by atoms with Crippen LogP contribution in [0.25, 0.3) is 11.1 Å². The molecule has 1 saturated heterocycles. The van der Waals surface area contributed by atoms with E-state index in [1.807, 2.05) is 45.9 Å². The van der Waals surface area contributed by atoms with Crippen LogP contribution in [-0.4, -0.2) is 41.7 Å². The number of fused-ring (bicyclic) bond motifs is 1. The van der Waals surface area contributed by atoms with Crippen LogP contribution in [0.4, 0.5) is 0 Å². The van der Waals surface area contributed by atoms with Crippen molar-refractivity contribution in [2.45, 2.75) is 6.54 Å². The molecule has 0 N–H and O–H groups in total. The molecule has 1 aliphatic rings. The SMILES string of the molecule is O=C(c1cc2occc2n1Cc1ccc(Cl)cc1)N1CCOCC1. The Balaban J connectivity index is 1.71. The number of hydrogen-bond acceptors (Lipinski definition) is 3. The van der Waals surface area contributed by atoms with Gasteiger partial charge in [-0.15, -0.1) is 0 Å². The van der Waals surface area contributed by atoms with Gasteiger partial charge in [-0.25, -0.2) is 0 Å². The van der Waals surface area contributed by atoms with Crippen molar-refractivity contribution in [1.82, 2.24) is 9.47 Å². The van der Waals surface area contributed by atoms with Crippen LogP contribution in [0, 0.1) is 0 Å². The highest BCUT2D eigenvalue weighted by Gasteiger charge is 2.24. The van der Waals surface area contributed by atoms with Gasteiger partial charge in [0.05, 0.1) is 25.0 Å². The van der Waals surface area contributed by atoms with Crippen molar-refractivity contribution in [1.29, 1.82) is 0 Å². The Morgan fingerprint density at radius 3 is 2.62 bits per heavy atom. The normalized spacial score (nSPS) is 15.1. The molecule has 0 radical (unpaired) electrons. The van der Waals surface area contributed by atoms with Crippen molar-refractivity contribution in [3.63, 3.8) is 0 Å². The summed E-state index contributed by atoms with van der Waals surface area (Å²) in [6, 6.07) is 11.4. The number of furan rings is 1. The number of carbonyl (C=O) groups is 1. The van der Waals surface area contributed by atoms with Crippen LogP contribution in [0.15, 0.2) is 47.1 Å². The maximum atomic E-state index is 12.9. The molecule has 124 valence electrons. The van der Waals surface area contributed by atoms with E-state index in [-0.39, 0.29) is 5.91 Å². The predicted octanol–water partition coefficient (Wildman–Crippen LogP) is 3.41. The lowest BCUT2D eigenvalue weighted by molar-refractivity contribution is 0.0296. The molecule has 1 amide bonds. The number of benzene rings is 1. The van der Waals surface area contributed by atoms with E-state index in [1.54, 1.807) is 6.26 Å². The Hall–Kier alpha value is -2.24. The minimum absolute atomic E-state index is 0.0127. The van der Waals surface area contributed by atoms with E-state index in [0.29, 0.717) is 43.6 Å². The number of carbonyl (C=O) groups excluding carboxylic acids is 1. The molecule has 0 bridgehead atoms. The predicted molar refractivity (Wildman–Crippen MR) is 91.5 cm³/mol. The Morgan fingerprint density at radius 2 is 1.88 bits per heavy atom. The average Bonchev–Trinajstić information content (AvgIpc) is 3.19. The van der Waals surface area contributed by atoms with E-state index < -0.39 is 0 Å². The number of amides is 1. The molecule has 0 atom stereocenters. The summed E-state index contributed by atoms with van der Waals surface area (Å²) in [5, 5.41) is 0.698. The van der Waals surface area contributed by atoms with E-state index in [4.69, 9.17) is 20.8 Å². The van der Waals surface area contributed by atoms with Crippen LogP contribution < -0.4 is 0 Å². The summed E-state index contributed by atoms with van der Waals surface area (Å²) >= 11 is 5.96.